The molecule has 1 aliphatic rings. The number of aromatic nitrogens is 3. The maximum Gasteiger partial charge on any atom is 0.251 e. The highest BCUT2D eigenvalue weighted by Crippen LogP contribution is 2.39. The molecule has 3 N–H and O–H groups in total. The van der Waals surface area contributed by atoms with Gasteiger partial charge in [-0.3, -0.25) is 9.59 Å². The van der Waals surface area contributed by atoms with Gasteiger partial charge in [-0.15, -0.1) is 21.5 Å². The fraction of sp³-hybridized carbons (Fsp3) is 0.368. The summed E-state index contributed by atoms with van der Waals surface area (Å²) in [5.41, 5.74) is 7.90. The van der Waals surface area contributed by atoms with Crippen molar-refractivity contribution >= 4 is 39.9 Å². The van der Waals surface area contributed by atoms with E-state index in [1.807, 2.05) is 24.5 Å². The number of amides is 2. The van der Waals surface area contributed by atoms with Crippen LogP contribution in [0.3, 0.4) is 0 Å². The van der Waals surface area contributed by atoms with Gasteiger partial charge in [0.2, 0.25) is 5.91 Å². The molecule has 0 aliphatic heterocycles. The molecule has 8 nitrogen and oxygen atoms in total. The van der Waals surface area contributed by atoms with Gasteiger partial charge in [0.1, 0.15) is 10.8 Å². The van der Waals surface area contributed by atoms with Crippen molar-refractivity contribution < 1.29 is 14.0 Å². The smallest absolute Gasteiger partial charge is 0.251 e. The van der Waals surface area contributed by atoms with Crippen molar-refractivity contribution in [2.45, 2.75) is 44.8 Å². The minimum Gasteiger partial charge on any atom is -0.469 e. The summed E-state index contributed by atoms with van der Waals surface area (Å²) in [6, 6.07) is 1.86. The van der Waals surface area contributed by atoms with Crippen LogP contribution in [-0.2, 0) is 24.2 Å². The molecule has 0 bridgehead atoms. The number of nitrogens with zero attached hydrogens (tertiary/aromatic N) is 3. The van der Waals surface area contributed by atoms with Gasteiger partial charge in [-0.25, -0.2) is 0 Å². The molecule has 1 aliphatic carbocycles. The molecule has 0 fully saturated rings. The maximum absolute atomic E-state index is 12.5. The van der Waals surface area contributed by atoms with E-state index in [2.05, 4.69) is 15.5 Å². The molecule has 2 amide bonds. The van der Waals surface area contributed by atoms with Gasteiger partial charge in [0.05, 0.1) is 23.1 Å². The molecule has 0 saturated heterocycles. The Hall–Kier alpha value is -2.59. The van der Waals surface area contributed by atoms with Crippen LogP contribution in [-0.4, -0.2) is 32.3 Å². The van der Waals surface area contributed by atoms with E-state index in [0.29, 0.717) is 28.1 Å². The predicted octanol–water partition coefficient (Wildman–Crippen LogP) is 3.25. The third-order valence-electron chi connectivity index (χ3n) is 4.89. The summed E-state index contributed by atoms with van der Waals surface area (Å²) in [5.74, 6) is 0.948. The van der Waals surface area contributed by atoms with E-state index in [0.717, 1.165) is 41.0 Å². The number of nitrogens with two attached hydrogens (primary N) is 1. The van der Waals surface area contributed by atoms with E-state index >= 15 is 0 Å². The molecule has 0 aromatic carbocycles. The number of hydrogen-bond donors (Lipinski definition) is 2. The minimum absolute atomic E-state index is 0.156. The van der Waals surface area contributed by atoms with Crippen molar-refractivity contribution in [1.82, 2.24) is 14.8 Å². The molecule has 0 saturated carbocycles. The molecule has 0 atom stereocenters. The van der Waals surface area contributed by atoms with Crippen LogP contribution in [0.15, 0.2) is 21.9 Å². The van der Waals surface area contributed by atoms with Crippen molar-refractivity contribution in [3.63, 3.8) is 0 Å². The minimum atomic E-state index is -0.488. The number of thiophene rings is 1. The lowest BCUT2D eigenvalue weighted by Crippen LogP contribution is -2.19. The van der Waals surface area contributed by atoms with E-state index in [1.165, 1.54) is 23.1 Å². The standard InChI is InChI=1S/C19H21N5O3S2/c1-3-24-17(11-7-8-27-10(11)2)22-23-19(24)28-9-14(25)21-18-15(16(20)26)12-5-4-6-13(12)29-18/h7-8H,3-6,9H2,1-2H3,(H2,20,26)(H,21,25). The number of primary amides is 1. The summed E-state index contributed by atoms with van der Waals surface area (Å²) in [5, 5.41) is 12.6. The monoisotopic (exact) mass is 431 g/mol. The van der Waals surface area contributed by atoms with Gasteiger partial charge in [0.25, 0.3) is 5.91 Å². The predicted molar refractivity (Wildman–Crippen MR) is 112 cm³/mol. The molecule has 3 aromatic rings. The first-order chi connectivity index (χ1) is 14.0. The second-order valence-corrected chi connectivity index (χ2v) is 8.75. The highest BCUT2D eigenvalue weighted by atomic mass is 32.2. The van der Waals surface area contributed by atoms with Crippen LogP contribution < -0.4 is 11.1 Å². The van der Waals surface area contributed by atoms with Crippen LogP contribution in [0.2, 0.25) is 0 Å². The Bertz CT molecular complexity index is 1080. The van der Waals surface area contributed by atoms with Gasteiger partial charge in [-0.1, -0.05) is 11.8 Å². The highest BCUT2D eigenvalue weighted by molar-refractivity contribution is 7.99. The van der Waals surface area contributed by atoms with Gasteiger partial charge in [0, 0.05) is 11.4 Å². The Morgan fingerprint density at radius 3 is 2.90 bits per heavy atom. The van der Waals surface area contributed by atoms with Gasteiger partial charge in [-0.05, 0) is 44.7 Å². The first-order valence-corrected chi connectivity index (χ1v) is 11.1. The lowest BCUT2D eigenvalue weighted by Gasteiger charge is -2.08. The molecule has 0 spiro atoms. The summed E-state index contributed by atoms with van der Waals surface area (Å²) in [6.07, 6.45) is 4.41. The molecular weight excluding hydrogens is 410 g/mol. The average molecular weight is 432 g/mol. The second kappa shape index (κ2) is 8.03. The fourth-order valence-electron chi connectivity index (χ4n) is 3.54. The summed E-state index contributed by atoms with van der Waals surface area (Å²) in [4.78, 5) is 25.5. The topological polar surface area (TPSA) is 116 Å². The van der Waals surface area contributed by atoms with Crippen LogP contribution in [0.1, 0.15) is 39.9 Å². The quantitative estimate of drug-likeness (QED) is 0.555. The summed E-state index contributed by atoms with van der Waals surface area (Å²) in [6.45, 7) is 4.54. The van der Waals surface area contributed by atoms with E-state index in [4.69, 9.17) is 10.2 Å². The van der Waals surface area contributed by atoms with Crippen molar-refractivity contribution in [2.24, 2.45) is 5.73 Å². The number of aryl methyl sites for hydroxylation is 2. The molecule has 10 heteroatoms. The Balaban J connectivity index is 1.47. The van der Waals surface area contributed by atoms with E-state index < -0.39 is 5.91 Å². The molecule has 152 valence electrons. The normalized spacial score (nSPS) is 12.9. The van der Waals surface area contributed by atoms with Crippen LogP contribution in [0.5, 0.6) is 0 Å². The summed E-state index contributed by atoms with van der Waals surface area (Å²) < 4.78 is 7.31. The van der Waals surface area contributed by atoms with Gasteiger partial charge < -0.3 is 20.0 Å². The first kappa shape index (κ1) is 19.7. The van der Waals surface area contributed by atoms with Crippen molar-refractivity contribution in [2.75, 3.05) is 11.1 Å². The van der Waals surface area contributed by atoms with Crippen LogP contribution >= 0.6 is 23.1 Å². The van der Waals surface area contributed by atoms with Crippen molar-refractivity contribution in [3.8, 4) is 11.4 Å². The number of thioether (sulfide) groups is 1. The third-order valence-corrected chi connectivity index (χ3v) is 7.06. The van der Waals surface area contributed by atoms with Crippen molar-refractivity contribution in [3.05, 3.63) is 34.1 Å². The highest BCUT2D eigenvalue weighted by Gasteiger charge is 2.26. The molecule has 3 heterocycles. The maximum atomic E-state index is 12.5. The molecule has 0 radical (unpaired) electrons. The lowest BCUT2D eigenvalue weighted by molar-refractivity contribution is -0.113. The zero-order chi connectivity index (χ0) is 20.5. The Morgan fingerprint density at radius 2 is 2.21 bits per heavy atom. The number of carbonyl (C=O) groups is 2. The molecule has 4 rings (SSSR count). The number of fused-ring (bicyclic) bond motifs is 1. The van der Waals surface area contributed by atoms with Crippen molar-refractivity contribution in [1.29, 1.82) is 0 Å². The second-order valence-electron chi connectivity index (χ2n) is 6.70. The lowest BCUT2D eigenvalue weighted by atomic mass is 10.1. The third kappa shape index (κ3) is 3.69. The average Bonchev–Trinajstić information content (AvgIpc) is 3.42. The number of carbonyl (C=O) groups excluding carboxylic acids is 2. The first-order valence-electron chi connectivity index (χ1n) is 9.34. The van der Waals surface area contributed by atoms with Crippen LogP contribution in [0, 0.1) is 6.92 Å². The molecular formula is C19H21N5O3S2. The number of rotatable bonds is 7. The number of anilines is 1. The Kier molecular flexibility index (Phi) is 5.46. The van der Waals surface area contributed by atoms with E-state index in [1.54, 1.807) is 6.26 Å². The molecule has 0 unspecified atom stereocenters. The fourth-order valence-corrected chi connectivity index (χ4v) is 5.66. The zero-order valence-corrected chi connectivity index (χ0v) is 17.8. The number of hydrogen-bond acceptors (Lipinski definition) is 7. The van der Waals surface area contributed by atoms with Gasteiger partial charge in [0.15, 0.2) is 11.0 Å². The summed E-state index contributed by atoms with van der Waals surface area (Å²) in [7, 11) is 0. The number of furan rings is 1. The SMILES string of the molecule is CCn1c(SCC(=O)Nc2sc3c(c2C(N)=O)CCC3)nnc1-c1ccoc1C. The largest absolute Gasteiger partial charge is 0.469 e. The number of nitrogens with one attached hydrogen (secondary N) is 1. The van der Waals surface area contributed by atoms with E-state index in [9.17, 15) is 9.59 Å². The van der Waals surface area contributed by atoms with Crippen LogP contribution in [0.4, 0.5) is 5.00 Å². The summed E-state index contributed by atoms with van der Waals surface area (Å²) >= 11 is 2.76. The molecule has 3 aromatic heterocycles. The Labute approximate surface area is 175 Å². The van der Waals surface area contributed by atoms with Crippen LogP contribution in [0.25, 0.3) is 11.4 Å². The Morgan fingerprint density at radius 1 is 1.38 bits per heavy atom. The van der Waals surface area contributed by atoms with Gasteiger partial charge >= 0.3 is 0 Å². The molecule has 29 heavy (non-hydrogen) atoms. The van der Waals surface area contributed by atoms with Gasteiger partial charge in [-0.2, -0.15) is 0 Å². The zero-order valence-electron chi connectivity index (χ0n) is 16.2. The van der Waals surface area contributed by atoms with E-state index in [-0.39, 0.29) is 11.7 Å².